The first-order valence-corrected chi connectivity index (χ1v) is 10.4. The molecule has 2 atom stereocenters. The van der Waals surface area contributed by atoms with Crippen LogP contribution in [0.3, 0.4) is 0 Å². The van der Waals surface area contributed by atoms with Crippen LogP contribution in [0, 0.1) is 20.8 Å². The molecular formula is C22H26Cl3NO. The molecule has 146 valence electrons. The normalized spacial score (nSPS) is 19.3. The van der Waals surface area contributed by atoms with Gasteiger partial charge in [0.15, 0.2) is 3.79 Å². The zero-order valence-electron chi connectivity index (χ0n) is 16.4. The van der Waals surface area contributed by atoms with Gasteiger partial charge in [0, 0.05) is 17.7 Å². The first-order chi connectivity index (χ1) is 12.5. The van der Waals surface area contributed by atoms with Gasteiger partial charge in [-0.15, -0.1) is 0 Å². The highest BCUT2D eigenvalue weighted by molar-refractivity contribution is 6.67. The van der Waals surface area contributed by atoms with E-state index in [1.807, 2.05) is 13.8 Å². The summed E-state index contributed by atoms with van der Waals surface area (Å²) in [5.74, 6) is 1.35. The standard InChI is InChI=1S/C22H26Cl3NO/c1-11(2)15-6-8-16(9-7-15)19-17(10-22(23,24)25)27-21-13(4)12(3)20(26)14(5)18(19)21/h6-9,11,17,19H,10,26H2,1-5H3. The van der Waals surface area contributed by atoms with Crippen molar-refractivity contribution in [3.8, 4) is 5.75 Å². The van der Waals surface area contributed by atoms with Crippen molar-refractivity contribution in [3.63, 3.8) is 0 Å². The van der Waals surface area contributed by atoms with Crippen molar-refractivity contribution >= 4 is 40.5 Å². The summed E-state index contributed by atoms with van der Waals surface area (Å²) in [6.45, 7) is 10.5. The predicted molar refractivity (Wildman–Crippen MR) is 117 cm³/mol. The second kappa shape index (κ2) is 7.39. The Morgan fingerprint density at radius 3 is 2.11 bits per heavy atom. The highest BCUT2D eigenvalue weighted by atomic mass is 35.6. The molecule has 3 rings (SSSR count). The van der Waals surface area contributed by atoms with Gasteiger partial charge in [-0.1, -0.05) is 72.9 Å². The van der Waals surface area contributed by atoms with Crippen molar-refractivity contribution < 1.29 is 4.74 Å². The number of hydrogen-bond acceptors (Lipinski definition) is 2. The van der Waals surface area contributed by atoms with Gasteiger partial charge in [0.1, 0.15) is 11.9 Å². The fourth-order valence-electron chi connectivity index (χ4n) is 3.96. The van der Waals surface area contributed by atoms with Crippen molar-refractivity contribution in [3.05, 3.63) is 57.6 Å². The van der Waals surface area contributed by atoms with Crippen LogP contribution >= 0.6 is 34.8 Å². The summed E-state index contributed by atoms with van der Waals surface area (Å²) in [5.41, 5.74) is 13.9. The number of hydrogen-bond donors (Lipinski definition) is 1. The first kappa shape index (κ1) is 20.6. The first-order valence-electron chi connectivity index (χ1n) is 9.23. The molecule has 1 heterocycles. The van der Waals surface area contributed by atoms with Crippen LogP contribution in [0.5, 0.6) is 5.75 Å². The van der Waals surface area contributed by atoms with E-state index in [2.05, 4.69) is 45.0 Å². The largest absolute Gasteiger partial charge is 0.489 e. The number of ether oxygens (including phenoxy) is 1. The van der Waals surface area contributed by atoms with Crippen LogP contribution in [-0.2, 0) is 0 Å². The van der Waals surface area contributed by atoms with Crippen molar-refractivity contribution in [1.29, 1.82) is 0 Å². The van der Waals surface area contributed by atoms with E-state index in [1.165, 1.54) is 5.56 Å². The van der Waals surface area contributed by atoms with Crippen LogP contribution < -0.4 is 10.5 Å². The van der Waals surface area contributed by atoms with Crippen LogP contribution in [0.15, 0.2) is 24.3 Å². The summed E-state index contributed by atoms with van der Waals surface area (Å²) in [6.07, 6.45) is 0.0526. The molecule has 0 amide bonds. The van der Waals surface area contributed by atoms with Gasteiger partial charge in [-0.3, -0.25) is 0 Å². The molecular weight excluding hydrogens is 401 g/mol. The molecule has 0 saturated carbocycles. The van der Waals surface area contributed by atoms with Crippen molar-refractivity contribution in [2.24, 2.45) is 0 Å². The van der Waals surface area contributed by atoms with E-state index >= 15 is 0 Å². The summed E-state index contributed by atoms with van der Waals surface area (Å²) in [4.78, 5) is 0. The SMILES string of the molecule is Cc1c(C)c2c(c(C)c1N)C(c1ccc(C(C)C)cc1)C(CC(Cl)(Cl)Cl)O2. The number of halogens is 3. The van der Waals surface area contributed by atoms with E-state index in [9.17, 15) is 0 Å². The van der Waals surface area contributed by atoms with Crippen LogP contribution in [0.4, 0.5) is 5.69 Å². The summed E-state index contributed by atoms with van der Waals surface area (Å²) in [7, 11) is 0. The minimum atomic E-state index is -1.38. The smallest absolute Gasteiger partial charge is 0.194 e. The summed E-state index contributed by atoms with van der Waals surface area (Å²) >= 11 is 18.4. The molecule has 0 fully saturated rings. The number of rotatable bonds is 3. The molecule has 1 aliphatic heterocycles. The van der Waals surface area contributed by atoms with Crippen LogP contribution in [0.25, 0.3) is 0 Å². The van der Waals surface area contributed by atoms with E-state index in [4.69, 9.17) is 45.3 Å². The number of benzene rings is 2. The molecule has 0 spiro atoms. The third-order valence-electron chi connectivity index (χ3n) is 5.71. The molecule has 0 aromatic heterocycles. The molecule has 0 bridgehead atoms. The molecule has 2 N–H and O–H groups in total. The Labute approximate surface area is 176 Å². The van der Waals surface area contributed by atoms with Gasteiger partial charge >= 0.3 is 0 Å². The monoisotopic (exact) mass is 425 g/mol. The van der Waals surface area contributed by atoms with Gasteiger partial charge in [-0.25, -0.2) is 0 Å². The number of nitrogens with two attached hydrogens (primary N) is 1. The van der Waals surface area contributed by atoms with E-state index in [0.717, 1.165) is 39.3 Å². The predicted octanol–water partition coefficient (Wildman–Crippen LogP) is 6.97. The van der Waals surface area contributed by atoms with E-state index < -0.39 is 3.79 Å². The Kier molecular flexibility index (Phi) is 5.65. The third-order valence-corrected chi connectivity index (χ3v) is 6.17. The maximum Gasteiger partial charge on any atom is 0.194 e. The molecule has 2 nitrogen and oxygen atoms in total. The Bertz CT molecular complexity index is 854. The maximum atomic E-state index is 6.40. The number of alkyl halides is 3. The second-order valence-electron chi connectivity index (χ2n) is 7.81. The lowest BCUT2D eigenvalue weighted by Gasteiger charge is -2.24. The second-order valence-corrected chi connectivity index (χ2v) is 10.3. The van der Waals surface area contributed by atoms with E-state index in [-0.39, 0.29) is 12.0 Å². The minimum Gasteiger partial charge on any atom is -0.489 e. The Morgan fingerprint density at radius 1 is 1.00 bits per heavy atom. The highest BCUT2D eigenvalue weighted by Crippen LogP contribution is 2.51. The maximum absolute atomic E-state index is 6.40. The molecule has 2 aromatic carbocycles. The van der Waals surface area contributed by atoms with Crippen molar-refractivity contribution in [2.75, 3.05) is 5.73 Å². The average Bonchev–Trinajstić information content (AvgIpc) is 2.95. The van der Waals surface area contributed by atoms with Crippen LogP contribution in [0.1, 0.15) is 65.5 Å². The van der Waals surface area contributed by atoms with Gasteiger partial charge in [0.05, 0.1) is 5.92 Å². The summed E-state index contributed by atoms with van der Waals surface area (Å²) in [5, 5.41) is 0. The average molecular weight is 427 g/mol. The minimum absolute atomic E-state index is 0.0153. The summed E-state index contributed by atoms with van der Waals surface area (Å²) < 4.78 is 4.98. The quantitative estimate of drug-likeness (QED) is 0.425. The molecule has 2 unspecified atom stereocenters. The van der Waals surface area contributed by atoms with Crippen LogP contribution in [0.2, 0.25) is 0 Å². The molecule has 2 aromatic rings. The lowest BCUT2D eigenvalue weighted by atomic mass is 9.82. The lowest BCUT2D eigenvalue weighted by molar-refractivity contribution is 0.206. The lowest BCUT2D eigenvalue weighted by Crippen LogP contribution is -2.26. The van der Waals surface area contributed by atoms with Gasteiger partial charge < -0.3 is 10.5 Å². The Hall–Kier alpha value is -1.09. The fraction of sp³-hybridized carbons (Fsp3) is 0.455. The molecule has 1 aliphatic rings. The van der Waals surface area contributed by atoms with Gasteiger partial charge in [-0.2, -0.15) is 0 Å². The zero-order valence-corrected chi connectivity index (χ0v) is 18.6. The van der Waals surface area contributed by atoms with Gasteiger partial charge in [-0.05, 0) is 54.5 Å². The number of fused-ring (bicyclic) bond motifs is 1. The molecule has 0 aliphatic carbocycles. The fourth-order valence-corrected chi connectivity index (χ4v) is 4.42. The van der Waals surface area contributed by atoms with Crippen LogP contribution in [-0.4, -0.2) is 9.90 Å². The molecule has 5 heteroatoms. The highest BCUT2D eigenvalue weighted by Gasteiger charge is 2.42. The Balaban J connectivity index is 2.16. The summed E-state index contributed by atoms with van der Waals surface area (Å²) in [6, 6.07) is 8.66. The number of nitrogen functional groups attached to an aromatic ring is 1. The molecule has 0 radical (unpaired) electrons. The van der Waals surface area contributed by atoms with E-state index in [1.54, 1.807) is 0 Å². The van der Waals surface area contributed by atoms with Gasteiger partial charge in [0.25, 0.3) is 0 Å². The van der Waals surface area contributed by atoms with E-state index in [0.29, 0.717) is 12.3 Å². The third kappa shape index (κ3) is 3.90. The van der Waals surface area contributed by atoms with Crippen molar-refractivity contribution in [1.82, 2.24) is 0 Å². The Morgan fingerprint density at radius 2 is 1.59 bits per heavy atom. The molecule has 0 saturated heterocycles. The van der Waals surface area contributed by atoms with Gasteiger partial charge in [0.2, 0.25) is 0 Å². The zero-order chi connectivity index (χ0) is 20.1. The topological polar surface area (TPSA) is 35.2 Å². The number of anilines is 1. The van der Waals surface area contributed by atoms with Crippen molar-refractivity contribution in [2.45, 2.75) is 62.8 Å². The molecule has 27 heavy (non-hydrogen) atoms.